The molecule has 0 spiro atoms. The van der Waals surface area contributed by atoms with Crippen LogP contribution in [0.25, 0.3) is 0 Å². The van der Waals surface area contributed by atoms with E-state index in [-0.39, 0.29) is 32.2 Å². The molecule has 0 bridgehead atoms. The standard InChI is InChI=1S/C15H22O5Se/c1-17-9-11(18-2)13-14(19-3)12(16)15(20-13)21-10-7-5-4-6-8-10/h4-8,11-16H,9H2,1-3H3/t11-,12+,13+,14+,15-/m0/s1. The summed E-state index contributed by atoms with van der Waals surface area (Å²) in [5, 5.41) is 10.2. The molecule has 1 aromatic carbocycles. The molecule has 0 amide bonds. The van der Waals surface area contributed by atoms with Crippen molar-refractivity contribution < 1.29 is 24.1 Å². The van der Waals surface area contributed by atoms with Gasteiger partial charge in [0.2, 0.25) is 0 Å². The van der Waals surface area contributed by atoms with Crippen molar-refractivity contribution >= 4 is 19.4 Å². The Kier molecular flexibility index (Phi) is 6.64. The van der Waals surface area contributed by atoms with Crippen molar-refractivity contribution in [3.63, 3.8) is 0 Å². The monoisotopic (exact) mass is 362 g/mol. The number of aliphatic hydroxyl groups excluding tert-OH is 1. The van der Waals surface area contributed by atoms with E-state index in [1.807, 2.05) is 30.3 Å². The minimum absolute atomic E-state index is 0.0115. The molecule has 6 heteroatoms. The Morgan fingerprint density at radius 3 is 2.52 bits per heavy atom. The van der Waals surface area contributed by atoms with Gasteiger partial charge in [0.1, 0.15) is 0 Å². The molecule has 0 saturated carbocycles. The van der Waals surface area contributed by atoms with Crippen LogP contribution in [-0.2, 0) is 18.9 Å². The Labute approximate surface area is 131 Å². The third-order valence-electron chi connectivity index (χ3n) is 3.50. The van der Waals surface area contributed by atoms with Crippen molar-refractivity contribution in [1.82, 2.24) is 0 Å². The average Bonchev–Trinajstić information content (AvgIpc) is 2.82. The van der Waals surface area contributed by atoms with Gasteiger partial charge in [-0.1, -0.05) is 0 Å². The van der Waals surface area contributed by atoms with E-state index in [1.165, 1.54) is 4.46 Å². The van der Waals surface area contributed by atoms with E-state index in [1.54, 1.807) is 21.3 Å². The summed E-state index contributed by atoms with van der Waals surface area (Å²) in [6.45, 7) is 0.402. The van der Waals surface area contributed by atoms with Crippen LogP contribution in [0.4, 0.5) is 0 Å². The van der Waals surface area contributed by atoms with Crippen molar-refractivity contribution in [2.75, 3.05) is 27.9 Å². The zero-order chi connectivity index (χ0) is 15.2. The summed E-state index contributed by atoms with van der Waals surface area (Å²) in [6.07, 6.45) is -1.65. The maximum absolute atomic E-state index is 10.5. The average molecular weight is 361 g/mol. The second-order valence-electron chi connectivity index (χ2n) is 4.82. The first-order chi connectivity index (χ1) is 10.2. The minimum atomic E-state index is -0.658. The first-order valence-electron chi connectivity index (χ1n) is 6.81. The fourth-order valence-corrected chi connectivity index (χ4v) is 4.65. The zero-order valence-electron chi connectivity index (χ0n) is 12.5. The summed E-state index contributed by atoms with van der Waals surface area (Å²) >= 11 is 0.0115. The molecule has 0 unspecified atom stereocenters. The second-order valence-corrected chi connectivity index (χ2v) is 7.28. The Hall–Kier alpha value is -0.461. The fraction of sp³-hybridized carbons (Fsp3) is 0.600. The number of methoxy groups -OCH3 is 3. The van der Waals surface area contributed by atoms with Crippen molar-refractivity contribution in [3.8, 4) is 0 Å². The van der Waals surface area contributed by atoms with Crippen molar-refractivity contribution in [2.45, 2.75) is 29.4 Å². The van der Waals surface area contributed by atoms with Gasteiger partial charge in [0.05, 0.1) is 0 Å². The summed E-state index contributed by atoms with van der Waals surface area (Å²) in [4.78, 5) is 0. The van der Waals surface area contributed by atoms with Crippen LogP contribution in [0.15, 0.2) is 30.3 Å². The van der Waals surface area contributed by atoms with Gasteiger partial charge in [0, 0.05) is 0 Å². The molecular formula is C15H22O5Se. The zero-order valence-corrected chi connectivity index (χ0v) is 14.2. The number of aliphatic hydroxyl groups is 1. The van der Waals surface area contributed by atoms with Crippen LogP contribution in [0.5, 0.6) is 0 Å². The van der Waals surface area contributed by atoms with Crippen LogP contribution in [0, 0.1) is 0 Å². The molecule has 5 nitrogen and oxygen atoms in total. The van der Waals surface area contributed by atoms with Gasteiger partial charge in [-0.05, 0) is 0 Å². The third-order valence-corrected chi connectivity index (χ3v) is 5.95. The molecule has 1 N–H and O–H groups in total. The Bertz CT molecular complexity index is 416. The van der Waals surface area contributed by atoms with E-state index in [2.05, 4.69) is 0 Å². The summed E-state index contributed by atoms with van der Waals surface area (Å²) in [5.41, 5.74) is 0. The predicted molar refractivity (Wildman–Crippen MR) is 80.0 cm³/mol. The molecule has 21 heavy (non-hydrogen) atoms. The molecule has 1 aliphatic rings. The van der Waals surface area contributed by atoms with Crippen LogP contribution in [0.2, 0.25) is 0 Å². The van der Waals surface area contributed by atoms with Crippen LogP contribution in [0.1, 0.15) is 0 Å². The van der Waals surface area contributed by atoms with Gasteiger partial charge < -0.3 is 0 Å². The van der Waals surface area contributed by atoms with E-state index in [0.717, 1.165) is 0 Å². The Morgan fingerprint density at radius 1 is 1.24 bits per heavy atom. The molecule has 1 saturated heterocycles. The first-order valence-corrected chi connectivity index (χ1v) is 8.65. The molecule has 1 fully saturated rings. The SMILES string of the molecule is COC[C@H](OC)[C@H]1O[C@@H]([Se]c2ccccc2)[C@H](O)[C@H]1OC. The normalized spacial score (nSPS) is 30.5. The molecule has 2 rings (SSSR count). The first kappa shape index (κ1) is 16.9. The van der Waals surface area contributed by atoms with Crippen LogP contribution >= 0.6 is 0 Å². The third kappa shape index (κ3) is 4.05. The number of rotatable bonds is 7. The van der Waals surface area contributed by atoms with E-state index >= 15 is 0 Å². The molecule has 0 radical (unpaired) electrons. The number of hydrogen-bond donors (Lipinski definition) is 1. The number of benzene rings is 1. The Morgan fingerprint density at radius 2 is 1.95 bits per heavy atom. The topological polar surface area (TPSA) is 57.2 Å². The summed E-state index contributed by atoms with van der Waals surface area (Å²) in [5.74, 6) is 0. The van der Waals surface area contributed by atoms with E-state index in [4.69, 9.17) is 18.9 Å². The molecule has 1 aliphatic heterocycles. The molecule has 0 aliphatic carbocycles. The fourth-order valence-electron chi connectivity index (χ4n) is 2.43. The second kappa shape index (κ2) is 8.25. The molecule has 0 aromatic heterocycles. The van der Waals surface area contributed by atoms with E-state index in [0.29, 0.717) is 6.61 Å². The Balaban J connectivity index is 2.07. The molecular weight excluding hydrogens is 339 g/mol. The van der Waals surface area contributed by atoms with E-state index in [9.17, 15) is 5.11 Å². The van der Waals surface area contributed by atoms with Gasteiger partial charge in [0.25, 0.3) is 0 Å². The molecule has 5 atom stereocenters. The van der Waals surface area contributed by atoms with Crippen LogP contribution in [0.3, 0.4) is 0 Å². The van der Waals surface area contributed by atoms with Crippen LogP contribution in [-0.4, -0.2) is 77.4 Å². The van der Waals surface area contributed by atoms with Gasteiger partial charge in [0.15, 0.2) is 0 Å². The molecule has 1 heterocycles. The summed E-state index contributed by atoms with van der Waals surface area (Å²) < 4.78 is 23.2. The molecule has 1 aromatic rings. The van der Waals surface area contributed by atoms with Crippen LogP contribution < -0.4 is 4.46 Å². The number of ether oxygens (including phenoxy) is 4. The van der Waals surface area contributed by atoms with Crippen molar-refractivity contribution in [2.24, 2.45) is 0 Å². The van der Waals surface area contributed by atoms with Gasteiger partial charge in [-0.25, -0.2) is 0 Å². The van der Waals surface area contributed by atoms with E-state index < -0.39 is 12.2 Å². The van der Waals surface area contributed by atoms with Gasteiger partial charge in [-0.15, -0.1) is 0 Å². The van der Waals surface area contributed by atoms with Gasteiger partial charge in [-0.2, -0.15) is 0 Å². The van der Waals surface area contributed by atoms with Crippen molar-refractivity contribution in [3.05, 3.63) is 30.3 Å². The van der Waals surface area contributed by atoms with Gasteiger partial charge in [-0.3, -0.25) is 0 Å². The van der Waals surface area contributed by atoms with Crippen molar-refractivity contribution in [1.29, 1.82) is 0 Å². The maximum atomic E-state index is 10.5. The summed E-state index contributed by atoms with van der Waals surface area (Å²) in [7, 11) is 4.81. The number of hydrogen-bond acceptors (Lipinski definition) is 5. The molecule has 118 valence electrons. The quantitative estimate of drug-likeness (QED) is 0.681. The predicted octanol–water partition coefficient (Wildman–Crippen LogP) is -0.222. The van der Waals surface area contributed by atoms with Gasteiger partial charge >= 0.3 is 131 Å². The summed E-state index contributed by atoms with van der Waals surface area (Å²) in [6, 6.07) is 10.1.